The van der Waals surface area contributed by atoms with Crippen molar-refractivity contribution in [3.05, 3.63) is 17.0 Å². The van der Waals surface area contributed by atoms with Gasteiger partial charge in [-0.2, -0.15) is 0 Å². The molecule has 0 saturated carbocycles. The SMILES string of the molecule is Cc1ccc(S(=O)(=O)NCCS(=O)(=O)Cl)s1. The average Bonchev–Trinajstić information content (AvgIpc) is 2.49. The summed E-state index contributed by atoms with van der Waals surface area (Å²) < 4.78 is 46.7. The molecule has 0 radical (unpaired) electrons. The number of thiophene rings is 1. The summed E-state index contributed by atoms with van der Waals surface area (Å²) in [5.74, 6) is -0.432. The molecule has 0 bridgehead atoms. The van der Waals surface area contributed by atoms with Crippen molar-refractivity contribution >= 4 is 41.1 Å². The molecule has 5 nitrogen and oxygen atoms in total. The van der Waals surface area contributed by atoms with E-state index in [0.29, 0.717) is 0 Å². The van der Waals surface area contributed by atoms with Gasteiger partial charge in [0.25, 0.3) is 0 Å². The van der Waals surface area contributed by atoms with Crippen LogP contribution in [0.25, 0.3) is 0 Å². The highest BCUT2D eigenvalue weighted by atomic mass is 35.7. The van der Waals surface area contributed by atoms with Crippen molar-refractivity contribution in [3.8, 4) is 0 Å². The molecule has 16 heavy (non-hydrogen) atoms. The van der Waals surface area contributed by atoms with E-state index in [4.69, 9.17) is 10.7 Å². The number of aryl methyl sites for hydroxylation is 1. The van der Waals surface area contributed by atoms with Gasteiger partial charge in [-0.1, -0.05) is 0 Å². The fourth-order valence-corrected chi connectivity index (χ4v) is 3.99. The Hall–Kier alpha value is -0.150. The van der Waals surface area contributed by atoms with Gasteiger partial charge in [0.2, 0.25) is 19.1 Å². The fourth-order valence-electron chi connectivity index (χ4n) is 0.926. The van der Waals surface area contributed by atoms with Crippen LogP contribution in [-0.4, -0.2) is 29.1 Å². The Morgan fingerprint density at radius 3 is 2.38 bits per heavy atom. The Labute approximate surface area is 103 Å². The minimum absolute atomic E-state index is 0.164. The maximum atomic E-state index is 11.6. The van der Waals surface area contributed by atoms with E-state index >= 15 is 0 Å². The minimum atomic E-state index is -3.67. The molecule has 9 heteroatoms. The van der Waals surface area contributed by atoms with Crippen LogP contribution >= 0.6 is 22.0 Å². The zero-order valence-electron chi connectivity index (χ0n) is 8.30. The Morgan fingerprint density at radius 2 is 1.94 bits per heavy atom. The van der Waals surface area contributed by atoms with Crippen molar-refractivity contribution in [3.63, 3.8) is 0 Å². The van der Waals surface area contributed by atoms with E-state index in [0.717, 1.165) is 16.2 Å². The zero-order valence-corrected chi connectivity index (χ0v) is 11.5. The highest BCUT2D eigenvalue weighted by Gasteiger charge is 2.16. The molecule has 0 aliphatic rings. The van der Waals surface area contributed by atoms with Gasteiger partial charge in [-0.3, -0.25) is 0 Å². The van der Waals surface area contributed by atoms with Crippen molar-refractivity contribution in [1.82, 2.24) is 4.72 Å². The lowest BCUT2D eigenvalue weighted by Crippen LogP contribution is -2.27. The number of halogens is 1. The maximum Gasteiger partial charge on any atom is 0.250 e. The lowest BCUT2D eigenvalue weighted by molar-refractivity contribution is 0.584. The second-order valence-electron chi connectivity index (χ2n) is 3.01. The highest BCUT2D eigenvalue weighted by molar-refractivity contribution is 8.13. The Kier molecular flexibility index (Phi) is 4.35. The minimum Gasteiger partial charge on any atom is -0.212 e. The maximum absolute atomic E-state index is 11.6. The standard InChI is InChI=1S/C7H10ClNO4S3/c1-6-2-3-7(14-6)16(12,13)9-4-5-15(8,10)11/h2-3,9H,4-5H2,1H3. The number of hydrogen-bond donors (Lipinski definition) is 1. The van der Waals surface area contributed by atoms with Crippen LogP contribution in [-0.2, 0) is 19.1 Å². The zero-order chi connectivity index (χ0) is 12.4. The molecule has 1 aromatic heterocycles. The number of sulfonamides is 1. The van der Waals surface area contributed by atoms with Gasteiger partial charge in [-0.15, -0.1) is 11.3 Å². The topological polar surface area (TPSA) is 80.3 Å². The van der Waals surface area contributed by atoms with Crippen molar-refractivity contribution in [2.24, 2.45) is 0 Å². The molecule has 0 aliphatic carbocycles. The Morgan fingerprint density at radius 1 is 1.31 bits per heavy atom. The molecule has 0 unspecified atom stereocenters. The predicted molar refractivity (Wildman–Crippen MR) is 63.9 cm³/mol. The molecule has 0 amide bonds. The molecule has 1 heterocycles. The van der Waals surface area contributed by atoms with Crippen LogP contribution in [0.1, 0.15) is 4.88 Å². The Bertz CT molecular complexity index is 560. The van der Waals surface area contributed by atoms with Crippen LogP contribution < -0.4 is 4.72 Å². The summed E-state index contributed by atoms with van der Waals surface area (Å²) in [5, 5.41) is 0. The summed E-state index contributed by atoms with van der Waals surface area (Å²) >= 11 is 1.12. The van der Waals surface area contributed by atoms with E-state index in [2.05, 4.69) is 4.72 Å². The summed E-state index contributed by atoms with van der Waals surface area (Å²) in [4.78, 5) is 0.866. The van der Waals surface area contributed by atoms with E-state index in [1.54, 1.807) is 13.0 Å². The van der Waals surface area contributed by atoms with E-state index < -0.39 is 24.8 Å². The molecule has 1 rings (SSSR count). The molecule has 0 spiro atoms. The first-order valence-electron chi connectivity index (χ1n) is 4.19. The van der Waals surface area contributed by atoms with Gasteiger partial charge >= 0.3 is 0 Å². The third kappa shape index (κ3) is 4.38. The first kappa shape index (κ1) is 13.9. The molecule has 0 fully saturated rings. The summed E-state index contributed by atoms with van der Waals surface area (Å²) in [6, 6.07) is 3.15. The van der Waals surface area contributed by atoms with Crippen molar-refractivity contribution < 1.29 is 16.8 Å². The van der Waals surface area contributed by atoms with Gasteiger partial charge in [0.05, 0.1) is 5.75 Å². The second-order valence-corrected chi connectivity index (χ2v) is 9.18. The van der Waals surface area contributed by atoms with Crippen LogP contribution in [0.5, 0.6) is 0 Å². The molecule has 1 N–H and O–H groups in total. The molecule has 0 saturated heterocycles. The lowest BCUT2D eigenvalue weighted by atomic mass is 10.5. The number of hydrogen-bond acceptors (Lipinski definition) is 5. The molecule has 0 aromatic carbocycles. The lowest BCUT2D eigenvalue weighted by Gasteiger charge is -2.02. The van der Waals surface area contributed by atoms with Gasteiger partial charge in [-0.05, 0) is 19.1 Å². The molecular weight excluding hydrogens is 294 g/mol. The van der Waals surface area contributed by atoms with Gasteiger partial charge < -0.3 is 0 Å². The van der Waals surface area contributed by atoms with E-state index in [1.165, 1.54) is 6.07 Å². The number of nitrogens with one attached hydrogen (secondary N) is 1. The molecular formula is C7H10ClNO4S3. The van der Waals surface area contributed by atoms with Crippen LogP contribution in [0.4, 0.5) is 0 Å². The van der Waals surface area contributed by atoms with Crippen molar-refractivity contribution in [1.29, 1.82) is 0 Å². The van der Waals surface area contributed by atoms with Gasteiger partial charge in [0.15, 0.2) is 0 Å². The largest absolute Gasteiger partial charge is 0.250 e. The Balaban J connectivity index is 2.67. The highest BCUT2D eigenvalue weighted by Crippen LogP contribution is 2.20. The van der Waals surface area contributed by atoms with E-state index in [-0.39, 0.29) is 10.8 Å². The molecule has 0 aliphatic heterocycles. The predicted octanol–water partition coefficient (Wildman–Crippen LogP) is 0.903. The average molecular weight is 304 g/mol. The van der Waals surface area contributed by atoms with E-state index in [1.807, 2.05) is 0 Å². The van der Waals surface area contributed by atoms with Crippen LogP contribution in [0.15, 0.2) is 16.3 Å². The second kappa shape index (κ2) is 5.01. The van der Waals surface area contributed by atoms with Gasteiger partial charge in [-0.25, -0.2) is 21.6 Å². The summed E-state index contributed by atoms with van der Waals surface area (Å²) in [5.41, 5.74) is 0. The smallest absolute Gasteiger partial charge is 0.212 e. The third-order valence-electron chi connectivity index (χ3n) is 1.62. The first-order chi connectivity index (χ1) is 7.21. The third-order valence-corrected chi connectivity index (χ3v) is 5.73. The molecule has 92 valence electrons. The molecule has 1 aromatic rings. The quantitative estimate of drug-likeness (QED) is 0.820. The van der Waals surface area contributed by atoms with Gasteiger partial charge in [0.1, 0.15) is 4.21 Å². The monoisotopic (exact) mass is 303 g/mol. The molecule has 0 atom stereocenters. The summed E-state index contributed by atoms with van der Waals surface area (Å²) in [6.07, 6.45) is 0. The first-order valence-corrected chi connectivity index (χ1v) is 8.97. The summed E-state index contributed by atoms with van der Waals surface area (Å²) in [6.45, 7) is 1.55. The fraction of sp³-hybridized carbons (Fsp3) is 0.429. The van der Waals surface area contributed by atoms with Crippen LogP contribution in [0, 0.1) is 6.92 Å². The number of rotatable bonds is 5. The van der Waals surface area contributed by atoms with Gasteiger partial charge in [0, 0.05) is 22.1 Å². The van der Waals surface area contributed by atoms with Crippen molar-refractivity contribution in [2.75, 3.05) is 12.3 Å². The summed E-state index contributed by atoms with van der Waals surface area (Å²) in [7, 11) is -2.34. The van der Waals surface area contributed by atoms with Crippen LogP contribution in [0.3, 0.4) is 0 Å². The van der Waals surface area contributed by atoms with Crippen LogP contribution in [0.2, 0.25) is 0 Å². The van der Waals surface area contributed by atoms with Crippen molar-refractivity contribution in [2.45, 2.75) is 11.1 Å². The normalized spacial score (nSPS) is 12.9. The van der Waals surface area contributed by atoms with E-state index in [9.17, 15) is 16.8 Å².